The van der Waals surface area contributed by atoms with Crippen LogP contribution in [-0.2, 0) is 14.4 Å². The number of para-hydroxylation sites is 1. The van der Waals surface area contributed by atoms with Crippen LogP contribution < -0.4 is 16.5 Å². The van der Waals surface area contributed by atoms with Crippen LogP contribution in [0.3, 0.4) is 0 Å². The van der Waals surface area contributed by atoms with E-state index in [-0.39, 0.29) is 27.7 Å². The molecule has 0 bridgehead atoms. The fourth-order valence-corrected chi connectivity index (χ4v) is 6.46. The summed E-state index contributed by atoms with van der Waals surface area (Å²) in [5.41, 5.74) is 5.60. The molecule has 0 saturated carbocycles. The lowest BCUT2D eigenvalue weighted by Gasteiger charge is -2.49. The summed E-state index contributed by atoms with van der Waals surface area (Å²) in [6.07, 6.45) is 1.55. The maximum absolute atomic E-state index is 12.9. The number of aromatic nitrogens is 1. The molecule has 1 aromatic carbocycles. The summed E-state index contributed by atoms with van der Waals surface area (Å²) < 4.78 is 5.72. The molecule has 2 aliphatic heterocycles. The first-order valence-electron chi connectivity index (χ1n) is 10.8. The normalized spacial score (nSPS) is 19.5. The molecule has 4 heterocycles. The molecule has 0 spiro atoms. The van der Waals surface area contributed by atoms with Crippen molar-refractivity contribution in [3.8, 4) is 0 Å². The number of nitrogens with zero attached hydrogens (tertiary/aromatic N) is 3. The van der Waals surface area contributed by atoms with Crippen molar-refractivity contribution in [2.45, 2.75) is 16.5 Å². The number of fused-ring (bicyclic) bond motifs is 2. The number of oxime groups is 1. The van der Waals surface area contributed by atoms with Crippen molar-refractivity contribution in [3.63, 3.8) is 0 Å². The Bertz CT molecular complexity index is 1630. The maximum Gasteiger partial charge on any atom is 0.352 e. The summed E-state index contributed by atoms with van der Waals surface area (Å²) in [5.74, 6) is -2.53. The number of carbonyl (C=O) groups is 3. The first-order chi connectivity index (χ1) is 18.3. The minimum Gasteiger partial charge on any atom is -0.477 e. The lowest BCUT2D eigenvalue weighted by atomic mass is 10.0. The van der Waals surface area contributed by atoms with E-state index in [9.17, 15) is 29.5 Å². The molecule has 38 heavy (non-hydrogen) atoms. The minimum atomic E-state index is -1.30. The van der Waals surface area contributed by atoms with Crippen LogP contribution in [0, 0.1) is 0 Å². The van der Waals surface area contributed by atoms with Crippen LogP contribution in [0.2, 0.25) is 0 Å². The monoisotopic (exact) mass is 571 g/mol. The number of nitrogen functional groups attached to an aromatic ring is 1. The topological polar surface area (TPSA) is 188 Å². The number of anilines is 1. The number of β-lactam (4-membered cyclic amide) rings is 1. The quantitative estimate of drug-likeness (QED) is 0.107. The number of hydrogen-bond donors (Lipinski definition) is 4. The van der Waals surface area contributed by atoms with E-state index in [1.54, 1.807) is 35.7 Å². The summed E-state index contributed by atoms with van der Waals surface area (Å²) >= 11 is 3.41. The lowest BCUT2D eigenvalue weighted by Crippen LogP contribution is -2.71. The number of nitrogens with two attached hydrogens (primary N) is 1. The SMILES string of the molecule is Nc1nc(/C(=N/O)C(=O)NC2C(=O)N3C(C(=O)O)=C(/C=C/Sc4cc(=O)c5ccccc5o4)CSC23)cs1. The Hall–Kier alpha value is -4.08. The van der Waals surface area contributed by atoms with E-state index in [0.29, 0.717) is 21.6 Å². The van der Waals surface area contributed by atoms with E-state index < -0.39 is 34.9 Å². The molecule has 2 aromatic heterocycles. The highest BCUT2D eigenvalue weighted by Gasteiger charge is 2.54. The van der Waals surface area contributed by atoms with Crippen molar-refractivity contribution < 1.29 is 29.1 Å². The van der Waals surface area contributed by atoms with E-state index in [1.165, 1.54) is 23.2 Å². The van der Waals surface area contributed by atoms with Crippen LogP contribution in [0.4, 0.5) is 5.13 Å². The van der Waals surface area contributed by atoms with Gasteiger partial charge in [0.05, 0.1) is 5.39 Å². The van der Waals surface area contributed by atoms with Gasteiger partial charge in [-0.1, -0.05) is 29.1 Å². The summed E-state index contributed by atoms with van der Waals surface area (Å²) in [5, 5.41) is 27.9. The molecule has 3 aromatic rings. The van der Waals surface area contributed by atoms with Crippen molar-refractivity contribution >= 4 is 74.5 Å². The third-order valence-corrected chi connectivity index (χ3v) is 8.31. The number of aliphatic carboxylic acids is 1. The molecule has 0 aliphatic carbocycles. The van der Waals surface area contributed by atoms with E-state index >= 15 is 0 Å². The second kappa shape index (κ2) is 10.4. The maximum atomic E-state index is 12.9. The zero-order valence-corrected chi connectivity index (χ0v) is 21.5. The fourth-order valence-electron chi connectivity index (χ4n) is 3.91. The Labute approximate surface area is 225 Å². The summed E-state index contributed by atoms with van der Waals surface area (Å²) in [7, 11) is 0. The summed E-state index contributed by atoms with van der Waals surface area (Å²) in [4.78, 5) is 54.9. The van der Waals surface area contributed by atoms with Crippen LogP contribution in [0.1, 0.15) is 5.69 Å². The van der Waals surface area contributed by atoms with Gasteiger partial charge >= 0.3 is 5.97 Å². The van der Waals surface area contributed by atoms with Crippen molar-refractivity contribution in [3.05, 3.63) is 74.4 Å². The predicted octanol–water partition coefficient (Wildman–Crippen LogP) is 2.05. The third kappa shape index (κ3) is 4.66. The van der Waals surface area contributed by atoms with Gasteiger partial charge in [-0.2, -0.15) is 0 Å². The highest BCUT2D eigenvalue weighted by Crippen LogP contribution is 2.41. The minimum absolute atomic E-state index is 0.0470. The number of benzene rings is 1. The average molecular weight is 572 g/mol. The fraction of sp³-hybridized carbons (Fsp3) is 0.130. The van der Waals surface area contributed by atoms with E-state index in [0.717, 1.165) is 28.0 Å². The van der Waals surface area contributed by atoms with Crippen LogP contribution in [0.25, 0.3) is 11.0 Å². The van der Waals surface area contributed by atoms with Gasteiger partial charge in [0, 0.05) is 17.2 Å². The molecule has 0 radical (unpaired) electrons. The second-order valence-corrected chi connectivity index (χ2v) is 10.8. The van der Waals surface area contributed by atoms with Crippen LogP contribution >= 0.6 is 34.9 Å². The van der Waals surface area contributed by atoms with Crippen molar-refractivity contribution in [1.82, 2.24) is 15.2 Å². The van der Waals surface area contributed by atoms with Gasteiger partial charge in [-0.3, -0.25) is 19.3 Å². The van der Waals surface area contributed by atoms with Crippen LogP contribution in [0.15, 0.2) is 77.9 Å². The van der Waals surface area contributed by atoms with Gasteiger partial charge < -0.3 is 25.8 Å². The third-order valence-electron chi connectivity index (χ3n) is 5.63. The van der Waals surface area contributed by atoms with Gasteiger partial charge in [0.1, 0.15) is 28.4 Å². The zero-order valence-electron chi connectivity index (χ0n) is 19.1. The van der Waals surface area contributed by atoms with Gasteiger partial charge in [-0.25, -0.2) is 9.78 Å². The Kier molecular flexibility index (Phi) is 6.96. The number of thiazole rings is 1. The molecule has 2 atom stereocenters. The second-order valence-electron chi connectivity index (χ2n) is 7.91. The predicted molar refractivity (Wildman–Crippen MR) is 142 cm³/mol. The molecule has 2 unspecified atom stereocenters. The number of amides is 2. The standard InChI is InChI=1S/C23H17N5O7S3/c24-23-25-12(9-38-23)16(27-34)19(30)26-17-20(31)28-18(22(32)33)10(8-37-21(17)28)5-6-36-15-7-13(29)11-3-1-2-4-14(11)35-15/h1-7,9,17,21,34H,8H2,(H2,24,25)(H,26,30)(H,32,33)/b6-5+,27-16-. The molecule has 2 aliphatic rings. The van der Waals surface area contributed by atoms with Crippen LogP contribution in [-0.4, -0.2) is 60.9 Å². The van der Waals surface area contributed by atoms with E-state index in [1.807, 2.05) is 0 Å². The Morgan fingerprint density at radius 2 is 2.11 bits per heavy atom. The first kappa shape index (κ1) is 25.6. The molecule has 194 valence electrons. The van der Waals surface area contributed by atoms with Gasteiger partial charge in [0.15, 0.2) is 21.4 Å². The Morgan fingerprint density at radius 3 is 2.82 bits per heavy atom. The van der Waals surface area contributed by atoms with E-state index in [2.05, 4.69) is 15.5 Å². The summed E-state index contributed by atoms with van der Waals surface area (Å²) in [6, 6.07) is 7.16. The molecule has 1 fully saturated rings. The Balaban J connectivity index is 1.31. The van der Waals surface area contributed by atoms with Gasteiger partial charge in [-0.15, -0.1) is 23.1 Å². The number of carboxylic acids is 1. The number of carboxylic acid groups (broad SMARTS) is 1. The molecule has 12 nitrogen and oxygen atoms in total. The molecule has 5 N–H and O–H groups in total. The number of hydrogen-bond acceptors (Lipinski definition) is 12. The first-order valence-corrected chi connectivity index (χ1v) is 13.6. The van der Waals surface area contributed by atoms with Gasteiger partial charge in [0.25, 0.3) is 11.8 Å². The van der Waals surface area contributed by atoms with Crippen molar-refractivity contribution in [2.75, 3.05) is 11.5 Å². The molecule has 15 heteroatoms. The molecular formula is C23H17N5O7S3. The highest BCUT2D eigenvalue weighted by molar-refractivity contribution is 8.02. The van der Waals surface area contributed by atoms with Gasteiger partial charge in [-0.05, 0) is 29.2 Å². The number of rotatable bonds is 7. The Morgan fingerprint density at radius 1 is 1.32 bits per heavy atom. The molecule has 1 saturated heterocycles. The smallest absolute Gasteiger partial charge is 0.352 e. The van der Waals surface area contributed by atoms with Crippen molar-refractivity contribution in [1.29, 1.82) is 0 Å². The molecule has 5 rings (SSSR count). The lowest BCUT2D eigenvalue weighted by molar-refractivity contribution is -0.150. The molecular weight excluding hydrogens is 554 g/mol. The number of nitrogens with one attached hydrogen (secondary N) is 1. The number of allylic oxidation sites excluding steroid dienone is 1. The highest BCUT2D eigenvalue weighted by atomic mass is 32.2. The molecule has 2 amide bonds. The summed E-state index contributed by atoms with van der Waals surface area (Å²) in [6.45, 7) is 0. The number of thioether (sulfide) groups is 2. The van der Waals surface area contributed by atoms with Gasteiger partial charge in [0.2, 0.25) is 0 Å². The number of carbonyl (C=O) groups excluding carboxylic acids is 2. The average Bonchev–Trinajstić information content (AvgIpc) is 3.32. The largest absolute Gasteiger partial charge is 0.477 e. The van der Waals surface area contributed by atoms with Crippen molar-refractivity contribution in [2.24, 2.45) is 5.16 Å². The van der Waals surface area contributed by atoms with Crippen LogP contribution in [0.5, 0.6) is 0 Å². The zero-order chi connectivity index (χ0) is 27.0. The van der Waals surface area contributed by atoms with E-state index in [4.69, 9.17) is 10.2 Å².